The van der Waals surface area contributed by atoms with Crippen LogP contribution in [0.5, 0.6) is 0 Å². The summed E-state index contributed by atoms with van der Waals surface area (Å²) in [5.74, 6) is 2.50. The van der Waals surface area contributed by atoms with Gasteiger partial charge in [0.15, 0.2) is 5.82 Å². The molecule has 1 aromatic heterocycles. The second-order valence-electron chi connectivity index (χ2n) is 8.11. The zero-order valence-corrected chi connectivity index (χ0v) is 16.8. The number of halogens is 1. The third-order valence-corrected chi connectivity index (χ3v) is 6.46. The number of rotatable bonds is 3. The van der Waals surface area contributed by atoms with Gasteiger partial charge in [-0.3, -0.25) is 4.57 Å². The lowest BCUT2D eigenvalue weighted by atomic mass is 9.86. The number of ether oxygens (including phenoxy) is 2. The molecule has 2 fully saturated rings. The van der Waals surface area contributed by atoms with E-state index in [0.29, 0.717) is 18.1 Å². The monoisotopic (exact) mass is 402 g/mol. The molecule has 1 saturated heterocycles. The predicted octanol–water partition coefficient (Wildman–Crippen LogP) is 3.75. The van der Waals surface area contributed by atoms with E-state index in [2.05, 4.69) is 26.1 Å². The predicted molar refractivity (Wildman–Crippen MR) is 107 cm³/mol. The summed E-state index contributed by atoms with van der Waals surface area (Å²) in [6.07, 6.45) is 7.20. The average molecular weight is 403 g/mol. The smallest absolute Gasteiger partial charge is 0.151 e. The van der Waals surface area contributed by atoms with E-state index in [1.54, 1.807) is 0 Å². The fourth-order valence-corrected chi connectivity index (χ4v) is 4.93. The van der Waals surface area contributed by atoms with Crippen molar-refractivity contribution in [2.45, 2.75) is 69.7 Å². The molecule has 0 amide bonds. The van der Waals surface area contributed by atoms with Crippen LogP contribution in [0.15, 0.2) is 18.2 Å². The Labute approximate surface area is 170 Å². The standard InChI is InChI=1S/C21H27ClN4O2/c22-16-3-6-19-15(11-16)12-23-13-20-24-25-21(26(19)20)14-1-4-17(5-2-14)28-18-7-9-27-10-8-18/h3,6,11,14,17-18,23H,1-2,4-5,7-10,12-13H2/t14-,17+. The van der Waals surface area contributed by atoms with E-state index in [-0.39, 0.29) is 0 Å². The maximum Gasteiger partial charge on any atom is 0.151 e. The lowest BCUT2D eigenvalue weighted by Gasteiger charge is -2.32. The van der Waals surface area contributed by atoms with Crippen LogP contribution in [0.3, 0.4) is 0 Å². The number of benzene rings is 1. The molecule has 1 N–H and O–H groups in total. The maximum atomic E-state index is 6.35. The number of hydrogen-bond acceptors (Lipinski definition) is 5. The quantitative estimate of drug-likeness (QED) is 0.847. The van der Waals surface area contributed by atoms with Crippen molar-refractivity contribution in [3.63, 3.8) is 0 Å². The number of hydrogen-bond donors (Lipinski definition) is 1. The van der Waals surface area contributed by atoms with Crippen LogP contribution < -0.4 is 5.32 Å². The zero-order valence-electron chi connectivity index (χ0n) is 16.1. The molecule has 0 atom stereocenters. The number of nitrogens with one attached hydrogen (secondary N) is 1. The minimum absolute atomic E-state index is 0.374. The molecular formula is C21H27ClN4O2. The zero-order chi connectivity index (χ0) is 18.9. The molecule has 1 aliphatic carbocycles. The molecule has 5 rings (SSSR count). The highest BCUT2D eigenvalue weighted by Gasteiger charge is 2.30. The van der Waals surface area contributed by atoms with Crippen molar-refractivity contribution in [3.8, 4) is 5.69 Å². The third-order valence-electron chi connectivity index (χ3n) is 6.23. The average Bonchev–Trinajstić information content (AvgIpc) is 3.05. The Morgan fingerprint density at radius 2 is 1.79 bits per heavy atom. The molecular weight excluding hydrogens is 376 g/mol. The van der Waals surface area contributed by atoms with Gasteiger partial charge in [0.05, 0.1) is 24.4 Å². The highest BCUT2D eigenvalue weighted by Crippen LogP contribution is 2.36. The van der Waals surface area contributed by atoms with Crippen molar-refractivity contribution in [2.24, 2.45) is 0 Å². The van der Waals surface area contributed by atoms with Crippen LogP contribution in [0.2, 0.25) is 5.02 Å². The number of fused-ring (bicyclic) bond motifs is 3. The van der Waals surface area contributed by atoms with E-state index < -0.39 is 0 Å². The van der Waals surface area contributed by atoms with Crippen LogP contribution in [0, 0.1) is 0 Å². The summed E-state index contributed by atoms with van der Waals surface area (Å²) in [4.78, 5) is 0. The van der Waals surface area contributed by atoms with Crippen molar-refractivity contribution in [2.75, 3.05) is 13.2 Å². The summed E-state index contributed by atoms with van der Waals surface area (Å²) >= 11 is 6.23. The van der Waals surface area contributed by atoms with Crippen molar-refractivity contribution in [1.82, 2.24) is 20.1 Å². The molecule has 0 bridgehead atoms. The van der Waals surface area contributed by atoms with Gasteiger partial charge in [-0.05, 0) is 62.3 Å². The van der Waals surface area contributed by atoms with Gasteiger partial charge in [0.1, 0.15) is 5.82 Å². The van der Waals surface area contributed by atoms with E-state index in [1.807, 2.05) is 12.1 Å². The van der Waals surface area contributed by atoms with Crippen LogP contribution in [-0.2, 0) is 22.6 Å². The maximum absolute atomic E-state index is 6.35. The van der Waals surface area contributed by atoms with Gasteiger partial charge < -0.3 is 14.8 Å². The van der Waals surface area contributed by atoms with Crippen LogP contribution in [0.25, 0.3) is 5.69 Å². The third kappa shape index (κ3) is 3.71. The topological polar surface area (TPSA) is 61.2 Å². The molecule has 2 aromatic rings. The largest absolute Gasteiger partial charge is 0.381 e. The fourth-order valence-electron chi connectivity index (χ4n) is 4.74. The molecule has 1 saturated carbocycles. The van der Waals surface area contributed by atoms with Gasteiger partial charge in [-0.1, -0.05) is 11.6 Å². The Balaban J connectivity index is 1.32. The van der Waals surface area contributed by atoms with Crippen LogP contribution in [-0.4, -0.2) is 40.2 Å². The van der Waals surface area contributed by atoms with E-state index in [1.165, 1.54) is 5.56 Å². The summed E-state index contributed by atoms with van der Waals surface area (Å²) in [5.41, 5.74) is 2.36. The molecule has 7 heteroatoms. The first kappa shape index (κ1) is 18.6. The first-order valence-electron chi connectivity index (χ1n) is 10.4. The molecule has 0 spiro atoms. The molecule has 2 aliphatic heterocycles. The van der Waals surface area contributed by atoms with Crippen molar-refractivity contribution in [3.05, 3.63) is 40.4 Å². The van der Waals surface area contributed by atoms with Crippen molar-refractivity contribution >= 4 is 11.6 Å². The fraction of sp³-hybridized carbons (Fsp3) is 0.619. The normalized spacial score (nSPS) is 25.8. The second-order valence-corrected chi connectivity index (χ2v) is 8.54. The molecule has 0 radical (unpaired) electrons. The van der Waals surface area contributed by atoms with Crippen molar-refractivity contribution < 1.29 is 9.47 Å². The number of nitrogens with zero attached hydrogens (tertiary/aromatic N) is 3. The van der Waals surface area contributed by atoms with Gasteiger partial charge in [-0.2, -0.15) is 0 Å². The van der Waals surface area contributed by atoms with Gasteiger partial charge in [-0.25, -0.2) is 0 Å². The summed E-state index contributed by atoms with van der Waals surface area (Å²) in [5, 5.41) is 13.3. The Morgan fingerprint density at radius 1 is 1.00 bits per heavy atom. The highest BCUT2D eigenvalue weighted by atomic mass is 35.5. The summed E-state index contributed by atoms with van der Waals surface area (Å²) < 4.78 is 14.1. The van der Waals surface area contributed by atoms with Gasteiger partial charge in [0.25, 0.3) is 0 Å². The summed E-state index contributed by atoms with van der Waals surface area (Å²) in [7, 11) is 0. The van der Waals surface area contributed by atoms with E-state index in [9.17, 15) is 0 Å². The molecule has 150 valence electrons. The van der Waals surface area contributed by atoms with Crippen LogP contribution in [0.4, 0.5) is 0 Å². The molecule has 28 heavy (non-hydrogen) atoms. The Bertz CT molecular complexity index is 826. The molecule has 3 aliphatic rings. The van der Waals surface area contributed by atoms with E-state index >= 15 is 0 Å². The lowest BCUT2D eigenvalue weighted by Crippen LogP contribution is -2.31. The van der Waals surface area contributed by atoms with Crippen LogP contribution >= 0.6 is 11.6 Å². The first-order chi connectivity index (χ1) is 13.8. The Hall–Kier alpha value is -1.47. The number of aromatic nitrogens is 3. The van der Waals surface area contributed by atoms with Gasteiger partial charge in [-0.15, -0.1) is 10.2 Å². The summed E-state index contributed by atoms with van der Waals surface area (Å²) in [6.45, 7) is 3.19. The Morgan fingerprint density at radius 3 is 2.61 bits per heavy atom. The SMILES string of the molecule is Clc1ccc2c(c1)CNCc1nnc([C@H]3CC[C@@H](OC4CCOCC4)CC3)n1-2. The molecule has 3 heterocycles. The van der Waals surface area contributed by atoms with E-state index in [4.69, 9.17) is 21.1 Å². The van der Waals surface area contributed by atoms with Gasteiger partial charge >= 0.3 is 0 Å². The molecule has 1 aromatic carbocycles. The first-order valence-corrected chi connectivity index (χ1v) is 10.8. The lowest BCUT2D eigenvalue weighted by molar-refractivity contribution is -0.0796. The minimum atomic E-state index is 0.374. The van der Waals surface area contributed by atoms with Gasteiger partial charge in [0, 0.05) is 30.7 Å². The Kier molecular flexibility index (Phi) is 5.37. The second kappa shape index (κ2) is 8.11. The van der Waals surface area contributed by atoms with E-state index in [0.717, 1.165) is 87.2 Å². The van der Waals surface area contributed by atoms with Gasteiger partial charge in [0.2, 0.25) is 0 Å². The van der Waals surface area contributed by atoms with Crippen molar-refractivity contribution in [1.29, 1.82) is 0 Å². The minimum Gasteiger partial charge on any atom is -0.381 e. The molecule has 0 unspecified atom stereocenters. The van der Waals surface area contributed by atoms with Crippen LogP contribution in [0.1, 0.15) is 61.7 Å². The summed E-state index contributed by atoms with van der Waals surface area (Å²) in [6, 6.07) is 6.10. The highest BCUT2D eigenvalue weighted by molar-refractivity contribution is 6.30. The molecule has 6 nitrogen and oxygen atoms in total.